The zero-order valence-electron chi connectivity index (χ0n) is 18.7. The third-order valence-corrected chi connectivity index (χ3v) is 8.97. The number of carbonyl (C=O) groups is 1. The van der Waals surface area contributed by atoms with Gasteiger partial charge in [0.25, 0.3) is 0 Å². The van der Waals surface area contributed by atoms with Crippen molar-refractivity contribution < 1.29 is 27.8 Å². The molecule has 0 aliphatic heterocycles. The number of aliphatic carboxylic acids is 1. The van der Waals surface area contributed by atoms with Crippen molar-refractivity contribution in [3.63, 3.8) is 0 Å². The number of rotatable bonds is 11. The van der Waals surface area contributed by atoms with Gasteiger partial charge in [-0.3, -0.25) is 4.79 Å². The summed E-state index contributed by atoms with van der Waals surface area (Å²) < 4.78 is 38.1. The highest BCUT2D eigenvalue weighted by molar-refractivity contribution is 7.92. The zero-order valence-corrected chi connectivity index (χ0v) is 19.6. The van der Waals surface area contributed by atoms with Crippen LogP contribution in [0.4, 0.5) is 0 Å². The minimum Gasteiger partial charge on any atom is -0.493 e. The standard InChI is InChI=1S/C25H32O6S/c1-30-21-15-14-20(18-22(21)31-2)32(28,29)23(25(24(26)27)16-8-9-17-25)13-7-6-12-19-10-4-3-5-11-19/h3-5,10-11,14-15,18,23H,6-9,12-13,16-17H2,1-2H3,(H,26,27). The van der Waals surface area contributed by atoms with Crippen LogP contribution < -0.4 is 9.47 Å². The van der Waals surface area contributed by atoms with Gasteiger partial charge in [-0.05, 0) is 49.8 Å². The van der Waals surface area contributed by atoms with Gasteiger partial charge in [-0.25, -0.2) is 8.42 Å². The van der Waals surface area contributed by atoms with Crippen molar-refractivity contribution in [2.75, 3.05) is 14.2 Å². The molecule has 7 heteroatoms. The summed E-state index contributed by atoms with van der Waals surface area (Å²) >= 11 is 0. The van der Waals surface area contributed by atoms with Crippen molar-refractivity contribution in [1.29, 1.82) is 0 Å². The van der Waals surface area contributed by atoms with Crippen LogP contribution in [0.3, 0.4) is 0 Å². The lowest BCUT2D eigenvalue weighted by Gasteiger charge is -2.33. The SMILES string of the molecule is COc1ccc(S(=O)(=O)C(CCCCc2ccccc2)C2(C(=O)O)CCCC2)cc1OC. The fraction of sp³-hybridized carbons (Fsp3) is 0.480. The first-order valence-electron chi connectivity index (χ1n) is 11.1. The van der Waals surface area contributed by atoms with Gasteiger partial charge in [0.2, 0.25) is 0 Å². The lowest BCUT2D eigenvalue weighted by atomic mass is 9.80. The number of aryl methyl sites for hydroxylation is 1. The highest BCUT2D eigenvalue weighted by atomic mass is 32.2. The Labute approximate surface area is 190 Å². The van der Waals surface area contributed by atoms with Gasteiger partial charge in [0.15, 0.2) is 21.3 Å². The Morgan fingerprint density at radius 2 is 1.66 bits per heavy atom. The molecule has 6 nitrogen and oxygen atoms in total. The van der Waals surface area contributed by atoms with Gasteiger partial charge in [-0.2, -0.15) is 0 Å². The summed E-state index contributed by atoms with van der Waals surface area (Å²) in [6.07, 6.45) is 4.83. The van der Waals surface area contributed by atoms with Crippen LogP contribution in [0, 0.1) is 5.41 Å². The lowest BCUT2D eigenvalue weighted by Crippen LogP contribution is -2.45. The molecule has 1 aliphatic rings. The van der Waals surface area contributed by atoms with Gasteiger partial charge in [-0.15, -0.1) is 0 Å². The molecule has 0 aromatic heterocycles. The fourth-order valence-electron chi connectivity index (χ4n) is 4.87. The number of benzene rings is 2. The molecule has 1 unspecified atom stereocenters. The summed E-state index contributed by atoms with van der Waals surface area (Å²) in [5.74, 6) is -0.265. The fourth-order valence-corrected chi connectivity index (χ4v) is 7.13. The van der Waals surface area contributed by atoms with E-state index in [2.05, 4.69) is 0 Å². The molecule has 1 saturated carbocycles. The minimum absolute atomic E-state index is 0.0794. The number of ether oxygens (including phenoxy) is 2. The van der Waals surface area contributed by atoms with Gasteiger partial charge in [0.05, 0.1) is 29.8 Å². The van der Waals surface area contributed by atoms with Crippen molar-refractivity contribution in [2.45, 2.75) is 61.5 Å². The largest absolute Gasteiger partial charge is 0.493 e. The molecule has 1 atom stereocenters. The van der Waals surface area contributed by atoms with Gasteiger partial charge >= 0.3 is 5.97 Å². The molecule has 3 rings (SSSR count). The summed E-state index contributed by atoms with van der Waals surface area (Å²) in [5.41, 5.74) is -0.0562. The highest BCUT2D eigenvalue weighted by Gasteiger charge is 2.53. The first kappa shape index (κ1) is 24.1. The molecule has 0 heterocycles. The summed E-state index contributed by atoms with van der Waals surface area (Å²) in [5, 5.41) is 9.17. The predicted octanol–water partition coefficient (Wildman–Crippen LogP) is 4.90. The van der Waals surface area contributed by atoms with E-state index in [9.17, 15) is 18.3 Å². The van der Waals surface area contributed by atoms with E-state index in [0.29, 0.717) is 37.2 Å². The number of sulfone groups is 1. The highest BCUT2D eigenvalue weighted by Crippen LogP contribution is 2.47. The van der Waals surface area contributed by atoms with Crippen molar-refractivity contribution in [3.8, 4) is 11.5 Å². The average Bonchev–Trinajstić information content (AvgIpc) is 3.30. The smallest absolute Gasteiger partial charge is 0.310 e. The van der Waals surface area contributed by atoms with E-state index in [4.69, 9.17) is 9.47 Å². The number of unbranched alkanes of at least 4 members (excludes halogenated alkanes) is 1. The Morgan fingerprint density at radius 1 is 1.00 bits per heavy atom. The summed E-state index contributed by atoms with van der Waals surface area (Å²) in [7, 11) is -0.972. The van der Waals surface area contributed by atoms with E-state index in [-0.39, 0.29) is 4.90 Å². The Morgan fingerprint density at radius 3 is 2.25 bits per heavy atom. The van der Waals surface area contributed by atoms with Crippen LogP contribution in [-0.4, -0.2) is 39.0 Å². The summed E-state index contributed by atoms with van der Waals surface area (Å²) in [6, 6.07) is 14.5. The molecule has 174 valence electrons. The number of carboxylic acid groups (broad SMARTS) is 1. The third kappa shape index (κ3) is 4.93. The number of carboxylic acids is 1. The third-order valence-electron chi connectivity index (χ3n) is 6.62. The molecule has 1 N–H and O–H groups in total. The monoisotopic (exact) mass is 460 g/mol. The Balaban J connectivity index is 1.90. The second-order valence-corrected chi connectivity index (χ2v) is 10.6. The van der Waals surface area contributed by atoms with Gasteiger partial charge in [0.1, 0.15) is 0 Å². The summed E-state index contributed by atoms with van der Waals surface area (Å²) in [6.45, 7) is 0. The maximum atomic E-state index is 13.8. The molecular formula is C25H32O6S. The average molecular weight is 461 g/mol. The van der Waals surface area contributed by atoms with Crippen molar-refractivity contribution >= 4 is 15.8 Å². The van der Waals surface area contributed by atoms with Crippen molar-refractivity contribution in [3.05, 3.63) is 54.1 Å². The van der Waals surface area contributed by atoms with Crippen LogP contribution in [0.25, 0.3) is 0 Å². The first-order chi connectivity index (χ1) is 15.3. The van der Waals surface area contributed by atoms with E-state index >= 15 is 0 Å². The normalized spacial score (nSPS) is 16.4. The van der Waals surface area contributed by atoms with Crippen LogP contribution in [0.5, 0.6) is 11.5 Å². The molecule has 0 bridgehead atoms. The second-order valence-electron chi connectivity index (χ2n) is 8.45. The van der Waals surface area contributed by atoms with E-state index in [1.165, 1.54) is 31.9 Å². The molecule has 2 aromatic rings. The van der Waals surface area contributed by atoms with E-state index in [1.807, 2.05) is 30.3 Å². The molecule has 2 aromatic carbocycles. The Hall–Kier alpha value is -2.54. The van der Waals surface area contributed by atoms with Crippen LogP contribution in [0.15, 0.2) is 53.4 Å². The second kappa shape index (κ2) is 10.4. The first-order valence-corrected chi connectivity index (χ1v) is 12.6. The molecule has 1 fully saturated rings. The Bertz CT molecular complexity index is 1010. The molecule has 32 heavy (non-hydrogen) atoms. The van der Waals surface area contributed by atoms with Crippen LogP contribution in [0.2, 0.25) is 0 Å². The Kier molecular flexibility index (Phi) is 7.82. The molecule has 0 saturated heterocycles. The number of hydrogen-bond acceptors (Lipinski definition) is 5. The van der Waals surface area contributed by atoms with Crippen LogP contribution in [0.1, 0.15) is 50.5 Å². The van der Waals surface area contributed by atoms with Crippen LogP contribution in [-0.2, 0) is 21.1 Å². The predicted molar refractivity (Wildman–Crippen MR) is 123 cm³/mol. The number of hydrogen-bond donors (Lipinski definition) is 1. The minimum atomic E-state index is -3.91. The molecular weight excluding hydrogens is 428 g/mol. The summed E-state index contributed by atoms with van der Waals surface area (Å²) in [4.78, 5) is 12.5. The molecule has 0 amide bonds. The van der Waals surface area contributed by atoms with E-state index in [0.717, 1.165) is 25.7 Å². The topological polar surface area (TPSA) is 89.9 Å². The molecule has 1 aliphatic carbocycles. The maximum absolute atomic E-state index is 13.8. The van der Waals surface area contributed by atoms with E-state index < -0.39 is 26.5 Å². The van der Waals surface area contributed by atoms with E-state index in [1.54, 1.807) is 6.07 Å². The van der Waals surface area contributed by atoms with Gasteiger partial charge in [0, 0.05) is 6.07 Å². The molecule has 0 spiro atoms. The maximum Gasteiger partial charge on any atom is 0.310 e. The van der Waals surface area contributed by atoms with Gasteiger partial charge < -0.3 is 14.6 Å². The van der Waals surface area contributed by atoms with Crippen molar-refractivity contribution in [1.82, 2.24) is 0 Å². The van der Waals surface area contributed by atoms with Crippen molar-refractivity contribution in [2.24, 2.45) is 5.41 Å². The lowest BCUT2D eigenvalue weighted by molar-refractivity contribution is -0.148. The van der Waals surface area contributed by atoms with Crippen LogP contribution >= 0.6 is 0 Å². The zero-order chi connectivity index (χ0) is 23.2. The molecule has 0 radical (unpaired) electrons. The quantitative estimate of drug-likeness (QED) is 0.480. The van der Waals surface area contributed by atoms with Gasteiger partial charge in [-0.1, -0.05) is 49.6 Å². The number of methoxy groups -OCH3 is 2.